The second-order valence-electron chi connectivity index (χ2n) is 7.22. The van der Waals surface area contributed by atoms with Crippen LogP contribution >= 0.6 is 0 Å². The monoisotopic (exact) mass is 444 g/mol. The molecule has 0 radical (unpaired) electrons. The van der Waals surface area contributed by atoms with Crippen molar-refractivity contribution >= 4 is 43.8 Å². The van der Waals surface area contributed by atoms with Crippen LogP contribution in [0.3, 0.4) is 0 Å². The molecule has 1 fully saturated rings. The van der Waals surface area contributed by atoms with Crippen LogP contribution in [0.15, 0.2) is 71.6 Å². The summed E-state index contributed by atoms with van der Waals surface area (Å²) < 4.78 is 48.2. The highest BCUT2D eigenvalue weighted by molar-refractivity contribution is 7.91. The van der Waals surface area contributed by atoms with Crippen LogP contribution in [0.5, 0.6) is 0 Å². The second-order valence-corrected chi connectivity index (χ2v) is 9.14. The van der Waals surface area contributed by atoms with E-state index in [9.17, 15) is 26.8 Å². The van der Waals surface area contributed by atoms with Crippen molar-refractivity contribution < 1.29 is 26.8 Å². The Morgan fingerprint density at radius 3 is 2.39 bits per heavy atom. The molecule has 160 valence electrons. The van der Waals surface area contributed by atoms with Gasteiger partial charge in [0.25, 0.3) is 0 Å². The van der Waals surface area contributed by atoms with Gasteiger partial charge >= 0.3 is 5.76 Å². The van der Waals surface area contributed by atoms with Gasteiger partial charge < -0.3 is 10.2 Å². The summed E-state index contributed by atoms with van der Waals surface area (Å²) in [5, 5.41) is 4.52. The van der Waals surface area contributed by atoms with E-state index in [1.54, 1.807) is 4.90 Å². The largest absolute Gasteiger partial charge is 0.341 e. The van der Waals surface area contributed by atoms with Gasteiger partial charge in [0.1, 0.15) is 0 Å². The summed E-state index contributed by atoms with van der Waals surface area (Å²) in [4.78, 5) is 26.3. The molecule has 1 unspecified atom stereocenters. The molecule has 0 bridgehead atoms. The summed E-state index contributed by atoms with van der Waals surface area (Å²) in [6, 6.07) is 17.8. The molecule has 1 saturated heterocycles. The van der Waals surface area contributed by atoms with Crippen LogP contribution in [0.2, 0.25) is 0 Å². The van der Waals surface area contributed by atoms with Crippen LogP contribution in [-0.4, -0.2) is 32.5 Å². The molecule has 6 nitrogen and oxygen atoms in total. The van der Waals surface area contributed by atoms with Crippen molar-refractivity contribution in [2.24, 2.45) is 5.92 Å². The van der Waals surface area contributed by atoms with E-state index in [0.29, 0.717) is 0 Å². The molecule has 1 aliphatic rings. The maximum absolute atomic E-state index is 12.7. The molecule has 0 saturated carbocycles. The number of nitrogens with zero attached hydrogens (tertiary/aromatic N) is 1. The topological polar surface area (TPSA) is 83.5 Å². The highest BCUT2D eigenvalue weighted by Crippen LogP contribution is 2.32. The fraction of sp³-hybridized carbons (Fsp3) is 0.182. The fourth-order valence-corrected chi connectivity index (χ4v) is 4.36. The van der Waals surface area contributed by atoms with Crippen molar-refractivity contribution in [3.63, 3.8) is 0 Å². The van der Waals surface area contributed by atoms with Crippen LogP contribution < -0.4 is 10.2 Å². The molecule has 3 aromatic rings. The summed E-state index contributed by atoms with van der Waals surface area (Å²) in [6.07, 6.45) is 0.0346. The summed E-state index contributed by atoms with van der Waals surface area (Å²) in [5.41, 5.74) is 0.995. The maximum atomic E-state index is 12.7. The summed E-state index contributed by atoms with van der Waals surface area (Å²) >= 11 is 0. The minimum absolute atomic E-state index is 0.0346. The zero-order valence-corrected chi connectivity index (χ0v) is 17.0. The predicted molar refractivity (Wildman–Crippen MR) is 113 cm³/mol. The van der Waals surface area contributed by atoms with E-state index in [1.807, 2.05) is 42.5 Å². The number of halogens is 2. The van der Waals surface area contributed by atoms with E-state index in [4.69, 9.17) is 0 Å². The number of sulfone groups is 1. The Morgan fingerprint density at radius 2 is 1.68 bits per heavy atom. The zero-order chi connectivity index (χ0) is 22.2. The first-order valence-corrected chi connectivity index (χ1v) is 11.0. The average molecular weight is 444 g/mol. The Balaban J connectivity index is 1.49. The number of fused-ring (bicyclic) bond motifs is 1. The highest BCUT2D eigenvalue weighted by Gasteiger charge is 2.36. The van der Waals surface area contributed by atoms with Gasteiger partial charge in [-0.2, -0.15) is 8.78 Å². The van der Waals surface area contributed by atoms with Gasteiger partial charge in [0, 0.05) is 24.0 Å². The molecule has 1 atom stereocenters. The molecular formula is C22H18F2N2O4S. The molecule has 2 amide bonds. The van der Waals surface area contributed by atoms with Gasteiger partial charge in [-0.3, -0.25) is 9.59 Å². The number of benzene rings is 3. The van der Waals surface area contributed by atoms with E-state index in [2.05, 4.69) is 5.32 Å². The van der Waals surface area contributed by atoms with E-state index >= 15 is 0 Å². The number of rotatable bonds is 5. The van der Waals surface area contributed by atoms with Gasteiger partial charge in [0.2, 0.25) is 21.7 Å². The standard InChI is InChI=1S/C22H18F2N2O4S/c23-22(24)31(29,30)17-10-8-16(9-11-17)25-21(28)15-12-20(27)26(13-15)19-7-3-5-14-4-1-2-6-18(14)19/h1-11,15,22H,12-13H2,(H,25,28). The molecule has 1 aliphatic heterocycles. The Hall–Kier alpha value is -3.33. The molecule has 0 spiro atoms. The minimum atomic E-state index is -4.70. The van der Waals surface area contributed by atoms with Crippen molar-refractivity contribution in [2.45, 2.75) is 17.1 Å². The lowest BCUT2D eigenvalue weighted by molar-refractivity contribution is -0.122. The number of nitrogens with one attached hydrogen (secondary N) is 1. The van der Waals surface area contributed by atoms with Crippen LogP contribution in [0, 0.1) is 5.92 Å². The first-order valence-electron chi connectivity index (χ1n) is 9.48. The third-order valence-electron chi connectivity index (χ3n) is 5.24. The average Bonchev–Trinajstić information content (AvgIpc) is 3.15. The number of amides is 2. The molecule has 1 N–H and O–H groups in total. The number of carbonyl (C=O) groups excluding carboxylic acids is 2. The molecule has 0 aliphatic carbocycles. The van der Waals surface area contributed by atoms with Gasteiger partial charge in [-0.15, -0.1) is 0 Å². The van der Waals surface area contributed by atoms with Crippen molar-refractivity contribution in [1.29, 1.82) is 0 Å². The lowest BCUT2D eigenvalue weighted by atomic mass is 10.1. The Morgan fingerprint density at radius 1 is 1.00 bits per heavy atom. The normalized spacial score (nSPS) is 16.8. The smallest absolute Gasteiger partial charge is 0.326 e. The van der Waals surface area contributed by atoms with E-state index in [-0.39, 0.29) is 24.6 Å². The van der Waals surface area contributed by atoms with Crippen molar-refractivity contribution in [3.8, 4) is 0 Å². The fourth-order valence-electron chi connectivity index (χ4n) is 3.63. The van der Waals surface area contributed by atoms with E-state index in [0.717, 1.165) is 28.6 Å². The molecule has 0 aromatic heterocycles. The summed E-state index contributed by atoms with van der Waals surface area (Å²) in [7, 11) is -4.70. The molecule has 31 heavy (non-hydrogen) atoms. The second kappa shape index (κ2) is 8.07. The van der Waals surface area contributed by atoms with Crippen LogP contribution in [0.25, 0.3) is 10.8 Å². The highest BCUT2D eigenvalue weighted by atomic mass is 32.2. The predicted octanol–water partition coefficient (Wildman–Crippen LogP) is 3.83. The third-order valence-corrected chi connectivity index (χ3v) is 6.64. The van der Waals surface area contributed by atoms with Crippen LogP contribution in [-0.2, 0) is 19.4 Å². The van der Waals surface area contributed by atoms with Gasteiger partial charge in [0.05, 0.1) is 16.5 Å². The lowest BCUT2D eigenvalue weighted by Gasteiger charge is -2.19. The van der Waals surface area contributed by atoms with Gasteiger partial charge in [0.15, 0.2) is 0 Å². The number of anilines is 2. The zero-order valence-electron chi connectivity index (χ0n) is 16.2. The summed E-state index contributed by atoms with van der Waals surface area (Å²) in [6.45, 7) is 0.205. The van der Waals surface area contributed by atoms with Gasteiger partial charge in [-0.25, -0.2) is 8.42 Å². The Kier molecular flexibility index (Phi) is 5.45. The SMILES string of the molecule is O=C(Nc1ccc(S(=O)(=O)C(F)F)cc1)C1CC(=O)N(c2cccc3ccccc23)C1. The van der Waals surface area contributed by atoms with Crippen molar-refractivity contribution in [1.82, 2.24) is 0 Å². The number of hydrogen-bond acceptors (Lipinski definition) is 4. The molecule has 3 aromatic carbocycles. The lowest BCUT2D eigenvalue weighted by Crippen LogP contribution is -2.28. The Labute approximate surface area is 177 Å². The maximum Gasteiger partial charge on any atom is 0.341 e. The van der Waals surface area contributed by atoms with Crippen molar-refractivity contribution in [3.05, 3.63) is 66.7 Å². The summed E-state index contributed by atoms with van der Waals surface area (Å²) in [5.74, 6) is -4.69. The number of alkyl halides is 2. The van der Waals surface area contributed by atoms with Crippen molar-refractivity contribution in [2.75, 3.05) is 16.8 Å². The van der Waals surface area contributed by atoms with Gasteiger partial charge in [-0.1, -0.05) is 36.4 Å². The van der Waals surface area contributed by atoms with E-state index < -0.39 is 32.3 Å². The quantitative estimate of drug-likeness (QED) is 0.648. The van der Waals surface area contributed by atoms with E-state index in [1.165, 1.54) is 12.1 Å². The number of hydrogen-bond donors (Lipinski definition) is 1. The molecule has 1 heterocycles. The molecular weight excluding hydrogens is 426 g/mol. The van der Waals surface area contributed by atoms with Gasteiger partial charge in [-0.05, 0) is 35.7 Å². The molecule has 4 rings (SSSR count). The first-order chi connectivity index (χ1) is 14.8. The Bertz CT molecular complexity index is 1250. The third kappa shape index (κ3) is 4.00. The molecule has 9 heteroatoms. The first kappa shape index (κ1) is 20.9. The van der Waals surface area contributed by atoms with Crippen LogP contribution in [0.4, 0.5) is 20.2 Å². The minimum Gasteiger partial charge on any atom is -0.326 e. The van der Waals surface area contributed by atoms with Crippen LogP contribution in [0.1, 0.15) is 6.42 Å². The number of carbonyl (C=O) groups is 2.